The van der Waals surface area contributed by atoms with Crippen molar-refractivity contribution in [1.29, 1.82) is 0 Å². The van der Waals surface area contributed by atoms with Gasteiger partial charge in [0.15, 0.2) is 0 Å². The van der Waals surface area contributed by atoms with E-state index in [-0.39, 0.29) is 27.8 Å². The molecule has 7 nitrogen and oxygen atoms in total. The minimum absolute atomic E-state index is 0.0158. The van der Waals surface area contributed by atoms with Gasteiger partial charge >= 0.3 is 5.97 Å². The Morgan fingerprint density at radius 2 is 2.00 bits per heavy atom. The highest BCUT2D eigenvalue weighted by molar-refractivity contribution is 6.38. The van der Waals surface area contributed by atoms with Crippen molar-refractivity contribution in [2.45, 2.75) is 6.54 Å². The van der Waals surface area contributed by atoms with Gasteiger partial charge in [-0.05, 0) is 12.1 Å². The molecule has 0 fully saturated rings. The Balaban J connectivity index is 2.26. The molecule has 0 saturated carbocycles. The summed E-state index contributed by atoms with van der Waals surface area (Å²) in [6, 6.07) is 2.75. The molecule has 0 saturated heterocycles. The number of carboxylic acid groups (broad SMARTS) is 1. The minimum atomic E-state index is -1.28. The molecule has 0 atom stereocenters. The number of anilines is 1. The van der Waals surface area contributed by atoms with E-state index in [2.05, 4.69) is 15.6 Å². The van der Waals surface area contributed by atoms with Gasteiger partial charge in [0, 0.05) is 6.20 Å². The second-order valence-corrected chi connectivity index (χ2v) is 4.55. The quantitative estimate of drug-likeness (QED) is 0.898. The highest BCUT2D eigenvalue weighted by Gasteiger charge is 2.19. The van der Waals surface area contributed by atoms with Gasteiger partial charge in [0.05, 0.1) is 21.9 Å². The summed E-state index contributed by atoms with van der Waals surface area (Å²) in [5, 5.41) is 18.8. The first-order valence-electron chi connectivity index (χ1n) is 5.34. The van der Waals surface area contributed by atoms with Crippen LogP contribution in [0.15, 0.2) is 24.5 Å². The van der Waals surface area contributed by atoms with E-state index in [4.69, 9.17) is 28.3 Å². The smallest absolute Gasteiger partial charge is 0.339 e. The van der Waals surface area contributed by atoms with E-state index in [0.29, 0.717) is 0 Å². The van der Waals surface area contributed by atoms with Crippen LogP contribution in [0.3, 0.4) is 0 Å². The SMILES string of the molecule is O=C(Cn1ccnn1)Nc1c(Cl)ccc(Cl)c1C(=O)O. The maximum absolute atomic E-state index is 11.8. The Bertz CT molecular complexity index is 658. The largest absolute Gasteiger partial charge is 0.478 e. The fraction of sp³-hybridized carbons (Fsp3) is 0.0909. The van der Waals surface area contributed by atoms with Crippen molar-refractivity contribution in [3.63, 3.8) is 0 Å². The van der Waals surface area contributed by atoms with Gasteiger partial charge in [-0.3, -0.25) is 4.79 Å². The van der Waals surface area contributed by atoms with Gasteiger partial charge in [0.25, 0.3) is 0 Å². The fourth-order valence-corrected chi connectivity index (χ4v) is 1.97. The maximum Gasteiger partial charge on any atom is 0.339 e. The van der Waals surface area contributed by atoms with E-state index in [1.54, 1.807) is 0 Å². The van der Waals surface area contributed by atoms with Gasteiger partial charge < -0.3 is 10.4 Å². The molecule has 1 amide bonds. The first-order chi connectivity index (χ1) is 9.49. The van der Waals surface area contributed by atoms with Crippen LogP contribution in [0.5, 0.6) is 0 Å². The van der Waals surface area contributed by atoms with Crippen molar-refractivity contribution in [2.75, 3.05) is 5.32 Å². The molecule has 9 heteroatoms. The third-order valence-electron chi connectivity index (χ3n) is 2.36. The van der Waals surface area contributed by atoms with Gasteiger partial charge in [0.1, 0.15) is 12.1 Å². The predicted molar refractivity (Wildman–Crippen MR) is 72.1 cm³/mol. The Morgan fingerprint density at radius 3 is 2.60 bits per heavy atom. The van der Waals surface area contributed by atoms with Crippen molar-refractivity contribution < 1.29 is 14.7 Å². The van der Waals surface area contributed by atoms with E-state index >= 15 is 0 Å². The number of aromatic nitrogens is 3. The molecule has 20 heavy (non-hydrogen) atoms. The standard InChI is InChI=1S/C11H8Cl2N4O3/c12-6-1-2-7(13)10(9(6)11(19)20)15-8(18)5-17-4-3-14-16-17/h1-4H,5H2,(H,15,18)(H,19,20). The number of carbonyl (C=O) groups excluding carboxylic acids is 1. The van der Waals surface area contributed by atoms with E-state index in [1.165, 1.54) is 29.2 Å². The molecule has 1 heterocycles. The zero-order valence-corrected chi connectivity index (χ0v) is 11.4. The van der Waals surface area contributed by atoms with Crippen LogP contribution in [0.1, 0.15) is 10.4 Å². The molecule has 0 aliphatic carbocycles. The molecule has 0 radical (unpaired) electrons. The molecule has 0 aliphatic rings. The summed E-state index contributed by atoms with van der Waals surface area (Å²) in [5.41, 5.74) is -0.303. The third-order valence-corrected chi connectivity index (χ3v) is 2.99. The van der Waals surface area contributed by atoms with Gasteiger partial charge in [-0.15, -0.1) is 5.10 Å². The van der Waals surface area contributed by atoms with E-state index in [0.717, 1.165) is 0 Å². The van der Waals surface area contributed by atoms with Crippen molar-refractivity contribution in [3.05, 3.63) is 40.1 Å². The number of carboxylic acids is 1. The first-order valence-corrected chi connectivity index (χ1v) is 6.10. The Hall–Kier alpha value is -2.12. The molecule has 0 aliphatic heterocycles. The first kappa shape index (κ1) is 14.3. The zero-order chi connectivity index (χ0) is 14.7. The molecule has 1 aromatic carbocycles. The molecular weight excluding hydrogens is 307 g/mol. The molecule has 2 rings (SSSR count). The predicted octanol–water partition coefficient (Wildman–Crippen LogP) is 1.92. The topological polar surface area (TPSA) is 97.1 Å². The van der Waals surface area contributed by atoms with Crippen molar-refractivity contribution in [2.24, 2.45) is 0 Å². The van der Waals surface area contributed by atoms with E-state index < -0.39 is 11.9 Å². The molecule has 0 unspecified atom stereocenters. The second kappa shape index (κ2) is 5.89. The van der Waals surface area contributed by atoms with Gasteiger partial charge in [-0.1, -0.05) is 28.4 Å². The summed E-state index contributed by atoms with van der Waals surface area (Å²) in [5.74, 6) is -1.78. The lowest BCUT2D eigenvalue weighted by Gasteiger charge is -2.11. The molecule has 1 aromatic heterocycles. The lowest BCUT2D eigenvalue weighted by Crippen LogP contribution is -2.21. The van der Waals surface area contributed by atoms with Crippen LogP contribution >= 0.6 is 23.2 Å². The van der Waals surface area contributed by atoms with E-state index in [1.807, 2.05) is 0 Å². The van der Waals surface area contributed by atoms with Crippen molar-refractivity contribution in [1.82, 2.24) is 15.0 Å². The van der Waals surface area contributed by atoms with Crippen molar-refractivity contribution in [3.8, 4) is 0 Å². The maximum atomic E-state index is 11.8. The van der Waals surface area contributed by atoms with Crippen molar-refractivity contribution >= 4 is 40.8 Å². The van der Waals surface area contributed by atoms with E-state index in [9.17, 15) is 9.59 Å². The summed E-state index contributed by atoms with van der Waals surface area (Å²) >= 11 is 11.7. The van der Waals surface area contributed by atoms with Crippen LogP contribution in [-0.2, 0) is 11.3 Å². The molecule has 2 aromatic rings. The Morgan fingerprint density at radius 1 is 1.30 bits per heavy atom. The Kier molecular flexibility index (Phi) is 4.21. The number of rotatable bonds is 4. The summed E-state index contributed by atoms with van der Waals surface area (Å²) in [6.45, 7) is -0.123. The van der Waals surface area contributed by atoms with Crippen LogP contribution in [0.4, 0.5) is 5.69 Å². The highest BCUT2D eigenvalue weighted by Crippen LogP contribution is 2.31. The van der Waals surface area contributed by atoms with Crippen LogP contribution in [0.25, 0.3) is 0 Å². The fourth-order valence-electron chi connectivity index (χ4n) is 1.53. The second-order valence-electron chi connectivity index (χ2n) is 3.73. The van der Waals surface area contributed by atoms with Crippen LogP contribution in [0.2, 0.25) is 10.0 Å². The Labute approximate surface area is 123 Å². The molecule has 2 N–H and O–H groups in total. The van der Waals surface area contributed by atoms with Gasteiger partial charge in [0.2, 0.25) is 5.91 Å². The van der Waals surface area contributed by atoms with Crippen LogP contribution in [-0.4, -0.2) is 32.0 Å². The number of aromatic carboxylic acids is 1. The summed E-state index contributed by atoms with van der Waals surface area (Å²) < 4.78 is 1.29. The number of nitrogens with zero attached hydrogens (tertiary/aromatic N) is 3. The average molecular weight is 315 g/mol. The molecule has 104 valence electrons. The summed E-state index contributed by atoms with van der Waals surface area (Å²) in [4.78, 5) is 23.0. The lowest BCUT2D eigenvalue weighted by molar-refractivity contribution is -0.116. The number of hydrogen-bond donors (Lipinski definition) is 2. The average Bonchev–Trinajstić information content (AvgIpc) is 2.86. The lowest BCUT2D eigenvalue weighted by atomic mass is 10.1. The van der Waals surface area contributed by atoms with Crippen LogP contribution in [0, 0.1) is 0 Å². The number of benzene rings is 1. The normalized spacial score (nSPS) is 10.3. The number of carbonyl (C=O) groups is 2. The van der Waals surface area contributed by atoms with Crippen LogP contribution < -0.4 is 5.32 Å². The summed E-state index contributed by atoms with van der Waals surface area (Å²) in [6.07, 6.45) is 2.92. The molecule has 0 bridgehead atoms. The third kappa shape index (κ3) is 3.06. The van der Waals surface area contributed by atoms with Gasteiger partial charge in [-0.25, -0.2) is 9.48 Å². The zero-order valence-electron chi connectivity index (χ0n) is 9.88. The van der Waals surface area contributed by atoms with Gasteiger partial charge in [-0.2, -0.15) is 0 Å². The molecule has 0 spiro atoms. The number of halogens is 2. The number of nitrogens with one attached hydrogen (secondary N) is 1. The molecular formula is C11H8Cl2N4O3. The number of hydrogen-bond acceptors (Lipinski definition) is 4. The minimum Gasteiger partial charge on any atom is -0.478 e. The monoisotopic (exact) mass is 314 g/mol. The number of amides is 1. The highest BCUT2D eigenvalue weighted by atomic mass is 35.5. The summed E-state index contributed by atoms with van der Waals surface area (Å²) in [7, 11) is 0.